The molecular formula is C28H27N3O3. The second-order valence-corrected chi connectivity index (χ2v) is 7.93. The molecule has 0 unspecified atom stereocenters. The van der Waals surface area contributed by atoms with Gasteiger partial charge < -0.3 is 20.4 Å². The summed E-state index contributed by atoms with van der Waals surface area (Å²) in [6.45, 7) is 2.47. The van der Waals surface area contributed by atoms with Gasteiger partial charge in [0.25, 0.3) is 11.8 Å². The average molecular weight is 454 g/mol. The number of carbonyl (C=O) groups excluding carboxylic acids is 2. The van der Waals surface area contributed by atoms with E-state index in [9.17, 15) is 9.59 Å². The van der Waals surface area contributed by atoms with E-state index in [4.69, 9.17) is 4.74 Å². The van der Waals surface area contributed by atoms with Crippen molar-refractivity contribution in [1.82, 2.24) is 15.6 Å². The van der Waals surface area contributed by atoms with Crippen molar-refractivity contribution in [3.8, 4) is 5.75 Å². The molecule has 0 aliphatic rings. The number of carbonyl (C=O) groups is 2. The van der Waals surface area contributed by atoms with Crippen molar-refractivity contribution in [2.45, 2.75) is 13.3 Å². The number of aryl methyl sites for hydroxylation is 1. The Bertz CT molecular complexity index is 1320. The monoisotopic (exact) mass is 453 g/mol. The zero-order valence-corrected chi connectivity index (χ0v) is 19.2. The highest BCUT2D eigenvalue weighted by molar-refractivity contribution is 6.05. The van der Waals surface area contributed by atoms with Gasteiger partial charge in [-0.2, -0.15) is 0 Å². The van der Waals surface area contributed by atoms with Crippen LogP contribution in [0.4, 0.5) is 0 Å². The molecule has 4 rings (SSSR count). The third-order valence-corrected chi connectivity index (χ3v) is 5.64. The summed E-state index contributed by atoms with van der Waals surface area (Å²) in [5.41, 5.74) is 4.76. The number of hydrogen-bond acceptors (Lipinski definition) is 3. The van der Waals surface area contributed by atoms with Crippen LogP contribution in [0.1, 0.15) is 27.2 Å². The lowest BCUT2D eigenvalue weighted by molar-refractivity contribution is -0.117. The van der Waals surface area contributed by atoms with Crippen molar-refractivity contribution in [3.05, 3.63) is 107 Å². The third-order valence-electron chi connectivity index (χ3n) is 5.64. The molecule has 1 aromatic heterocycles. The lowest BCUT2D eigenvalue weighted by atomic mass is 10.1. The van der Waals surface area contributed by atoms with Crippen LogP contribution < -0.4 is 15.4 Å². The van der Waals surface area contributed by atoms with Gasteiger partial charge in [0.05, 0.1) is 7.11 Å². The standard InChI is InChI=1S/C28H27N3O3/c1-19-23(24-10-6-7-11-25(24)30-19)16-17-29-28(33)26(18-20-12-14-22(34-2)15-13-20)31-27(32)21-8-4-3-5-9-21/h3-15,18,30H,16-17H2,1-2H3,(H,29,33)(H,31,32)/b26-18-. The molecule has 2 amide bonds. The fourth-order valence-electron chi connectivity index (χ4n) is 3.86. The Morgan fingerprint density at radius 3 is 2.38 bits per heavy atom. The molecule has 3 N–H and O–H groups in total. The van der Waals surface area contributed by atoms with Crippen LogP contribution in [-0.2, 0) is 11.2 Å². The number of benzene rings is 3. The van der Waals surface area contributed by atoms with Gasteiger partial charge in [-0.3, -0.25) is 9.59 Å². The molecule has 0 saturated carbocycles. The van der Waals surface area contributed by atoms with Crippen LogP contribution in [0.25, 0.3) is 17.0 Å². The Morgan fingerprint density at radius 2 is 1.65 bits per heavy atom. The molecule has 4 aromatic rings. The average Bonchev–Trinajstić information content (AvgIpc) is 3.19. The molecule has 0 fully saturated rings. The molecule has 0 aliphatic heterocycles. The number of rotatable bonds is 8. The van der Waals surface area contributed by atoms with E-state index in [-0.39, 0.29) is 17.5 Å². The topological polar surface area (TPSA) is 83.2 Å². The van der Waals surface area contributed by atoms with E-state index >= 15 is 0 Å². The first-order chi connectivity index (χ1) is 16.5. The molecule has 172 valence electrons. The fraction of sp³-hybridized carbons (Fsp3) is 0.143. The minimum atomic E-state index is -0.349. The molecular weight excluding hydrogens is 426 g/mol. The first-order valence-corrected chi connectivity index (χ1v) is 11.1. The van der Waals surface area contributed by atoms with E-state index in [0.717, 1.165) is 22.2 Å². The number of H-pyrrole nitrogens is 1. The van der Waals surface area contributed by atoms with Crippen LogP contribution in [0.15, 0.2) is 84.6 Å². The number of aromatic amines is 1. The summed E-state index contributed by atoms with van der Waals surface area (Å²) in [7, 11) is 1.60. The van der Waals surface area contributed by atoms with Gasteiger partial charge in [-0.25, -0.2) is 0 Å². The Hall–Kier alpha value is -4.32. The fourth-order valence-corrected chi connectivity index (χ4v) is 3.86. The minimum Gasteiger partial charge on any atom is -0.497 e. The van der Waals surface area contributed by atoms with Crippen LogP contribution in [0.5, 0.6) is 5.75 Å². The smallest absolute Gasteiger partial charge is 0.267 e. The van der Waals surface area contributed by atoms with Crippen molar-refractivity contribution in [2.75, 3.05) is 13.7 Å². The van der Waals surface area contributed by atoms with E-state index in [1.807, 2.05) is 43.3 Å². The van der Waals surface area contributed by atoms with Gasteiger partial charge in [0.15, 0.2) is 0 Å². The summed E-state index contributed by atoms with van der Waals surface area (Å²) in [6.07, 6.45) is 2.33. The zero-order chi connectivity index (χ0) is 23.9. The molecule has 0 spiro atoms. The molecule has 1 heterocycles. The van der Waals surface area contributed by atoms with Gasteiger partial charge in [-0.15, -0.1) is 0 Å². The molecule has 0 bridgehead atoms. The number of methoxy groups -OCH3 is 1. The maximum absolute atomic E-state index is 13.1. The Kier molecular flexibility index (Phi) is 7.08. The van der Waals surface area contributed by atoms with Crippen LogP contribution in [0.2, 0.25) is 0 Å². The summed E-state index contributed by atoms with van der Waals surface area (Å²) >= 11 is 0. The van der Waals surface area contributed by atoms with Gasteiger partial charge in [-0.1, -0.05) is 48.5 Å². The highest BCUT2D eigenvalue weighted by atomic mass is 16.5. The number of ether oxygens (including phenoxy) is 1. The minimum absolute atomic E-state index is 0.176. The molecule has 6 nitrogen and oxygen atoms in total. The summed E-state index contributed by atoms with van der Waals surface area (Å²) in [5, 5.41) is 6.87. The predicted molar refractivity (Wildman–Crippen MR) is 135 cm³/mol. The zero-order valence-electron chi connectivity index (χ0n) is 19.2. The van der Waals surface area contributed by atoms with Crippen LogP contribution in [0, 0.1) is 6.92 Å². The molecule has 0 aliphatic carbocycles. The van der Waals surface area contributed by atoms with E-state index in [1.165, 1.54) is 5.56 Å². The lowest BCUT2D eigenvalue weighted by Gasteiger charge is -2.12. The Labute approximate surface area is 198 Å². The normalized spacial score (nSPS) is 11.3. The van der Waals surface area contributed by atoms with Crippen molar-refractivity contribution in [3.63, 3.8) is 0 Å². The van der Waals surface area contributed by atoms with Gasteiger partial charge >= 0.3 is 0 Å². The molecule has 0 atom stereocenters. The maximum Gasteiger partial charge on any atom is 0.267 e. The van der Waals surface area contributed by atoms with Crippen molar-refractivity contribution < 1.29 is 14.3 Å². The van der Waals surface area contributed by atoms with Gasteiger partial charge in [0.1, 0.15) is 11.4 Å². The molecule has 0 radical (unpaired) electrons. The highest BCUT2D eigenvalue weighted by Crippen LogP contribution is 2.22. The Balaban J connectivity index is 1.51. The summed E-state index contributed by atoms with van der Waals surface area (Å²) < 4.78 is 5.20. The first-order valence-electron chi connectivity index (χ1n) is 11.1. The van der Waals surface area contributed by atoms with Crippen LogP contribution in [0.3, 0.4) is 0 Å². The molecule has 0 saturated heterocycles. The second-order valence-electron chi connectivity index (χ2n) is 7.93. The van der Waals surface area contributed by atoms with Crippen LogP contribution in [-0.4, -0.2) is 30.5 Å². The maximum atomic E-state index is 13.1. The van der Waals surface area contributed by atoms with Crippen molar-refractivity contribution >= 4 is 28.8 Å². The predicted octanol–water partition coefficient (Wildman–Crippen LogP) is 4.61. The SMILES string of the molecule is COc1ccc(/C=C(\NC(=O)c2ccccc2)C(=O)NCCc2c(C)[nH]c3ccccc23)cc1. The summed E-state index contributed by atoms with van der Waals surface area (Å²) in [6, 6.07) is 24.2. The Morgan fingerprint density at radius 1 is 0.941 bits per heavy atom. The quantitative estimate of drug-likeness (QED) is 0.341. The molecule has 3 aromatic carbocycles. The van der Waals surface area contributed by atoms with Gasteiger partial charge in [-0.05, 0) is 60.9 Å². The van der Waals surface area contributed by atoms with Gasteiger partial charge in [0.2, 0.25) is 0 Å². The number of fused-ring (bicyclic) bond motifs is 1. The lowest BCUT2D eigenvalue weighted by Crippen LogP contribution is -2.35. The number of amides is 2. The van der Waals surface area contributed by atoms with E-state index in [2.05, 4.69) is 21.7 Å². The van der Waals surface area contributed by atoms with E-state index in [1.54, 1.807) is 49.6 Å². The number of para-hydroxylation sites is 1. The summed E-state index contributed by atoms with van der Waals surface area (Å²) in [4.78, 5) is 29.2. The van der Waals surface area contributed by atoms with Gasteiger partial charge in [0, 0.05) is 28.7 Å². The highest BCUT2D eigenvalue weighted by Gasteiger charge is 2.15. The molecule has 34 heavy (non-hydrogen) atoms. The van der Waals surface area contributed by atoms with Crippen LogP contribution >= 0.6 is 0 Å². The summed E-state index contributed by atoms with van der Waals surface area (Å²) in [5.74, 6) is 0.0196. The number of aromatic nitrogens is 1. The first kappa shape index (κ1) is 22.9. The molecule has 6 heteroatoms. The van der Waals surface area contributed by atoms with E-state index in [0.29, 0.717) is 24.3 Å². The largest absolute Gasteiger partial charge is 0.497 e. The van der Waals surface area contributed by atoms with E-state index < -0.39 is 0 Å². The second kappa shape index (κ2) is 10.5. The third kappa shape index (κ3) is 5.35. The number of hydrogen-bond donors (Lipinski definition) is 3. The van der Waals surface area contributed by atoms with Crippen molar-refractivity contribution in [1.29, 1.82) is 0 Å². The van der Waals surface area contributed by atoms with Crippen molar-refractivity contribution in [2.24, 2.45) is 0 Å². The number of nitrogens with one attached hydrogen (secondary N) is 3.